The monoisotopic (exact) mass is 352 g/mol. The van der Waals surface area contributed by atoms with Crippen LogP contribution < -0.4 is 5.32 Å². The first kappa shape index (κ1) is 15.7. The van der Waals surface area contributed by atoms with E-state index in [1.165, 1.54) is 15.6 Å². The third-order valence-corrected chi connectivity index (χ3v) is 4.98. The van der Waals surface area contributed by atoms with Crippen molar-refractivity contribution in [3.05, 3.63) is 65.4 Å². The Morgan fingerprint density at radius 3 is 2.96 bits per heavy atom. The molecule has 0 fully saturated rings. The molecule has 0 unspecified atom stereocenters. The van der Waals surface area contributed by atoms with E-state index in [9.17, 15) is 4.79 Å². The van der Waals surface area contributed by atoms with Crippen molar-refractivity contribution in [3.8, 4) is 11.5 Å². The fraction of sp³-hybridized carbons (Fsp3) is 0.158. The Morgan fingerprint density at radius 1 is 1.24 bits per heavy atom. The van der Waals surface area contributed by atoms with E-state index < -0.39 is 0 Å². The zero-order chi connectivity index (χ0) is 17.2. The molecule has 1 aromatic carbocycles. The van der Waals surface area contributed by atoms with Crippen molar-refractivity contribution >= 4 is 27.3 Å². The summed E-state index contributed by atoms with van der Waals surface area (Å²) in [6.07, 6.45) is 2.31. The Kier molecular flexibility index (Phi) is 4.11. The fourth-order valence-electron chi connectivity index (χ4n) is 2.79. The van der Waals surface area contributed by atoms with Crippen molar-refractivity contribution in [1.82, 2.24) is 10.5 Å². The van der Waals surface area contributed by atoms with Gasteiger partial charge in [-0.05, 0) is 47.9 Å². The van der Waals surface area contributed by atoms with Crippen LogP contribution in [-0.4, -0.2) is 17.1 Å². The molecule has 1 N–H and O–H groups in total. The summed E-state index contributed by atoms with van der Waals surface area (Å²) in [7, 11) is 0. The van der Waals surface area contributed by atoms with Crippen LogP contribution in [0.3, 0.4) is 0 Å². The molecule has 126 valence electrons. The minimum atomic E-state index is -0.256. The predicted octanol–water partition coefficient (Wildman–Crippen LogP) is 4.51. The zero-order valence-electron chi connectivity index (χ0n) is 13.6. The van der Waals surface area contributed by atoms with E-state index >= 15 is 0 Å². The smallest absolute Gasteiger partial charge is 0.273 e. The number of aromatic nitrogens is 1. The first-order valence-corrected chi connectivity index (χ1v) is 8.85. The Morgan fingerprint density at radius 2 is 2.12 bits per heavy atom. The molecule has 0 aliphatic heterocycles. The second-order valence-corrected chi connectivity index (χ2v) is 6.80. The number of fused-ring (bicyclic) bond motifs is 1. The minimum absolute atomic E-state index is 0.0192. The van der Waals surface area contributed by atoms with Crippen LogP contribution in [0.5, 0.6) is 0 Å². The summed E-state index contributed by atoms with van der Waals surface area (Å²) in [5.74, 6) is 0.726. The molecule has 0 radical (unpaired) electrons. The number of furan rings is 1. The average Bonchev–Trinajstić information content (AvgIpc) is 3.35. The number of hydrogen-bond donors (Lipinski definition) is 1. The molecular formula is C19H16N2O3S. The van der Waals surface area contributed by atoms with E-state index in [2.05, 4.69) is 28.0 Å². The molecular weight excluding hydrogens is 336 g/mol. The highest BCUT2D eigenvalue weighted by Gasteiger charge is 2.17. The van der Waals surface area contributed by atoms with Crippen molar-refractivity contribution < 1.29 is 13.7 Å². The number of nitrogens with one attached hydrogen (secondary N) is 1. The van der Waals surface area contributed by atoms with Crippen molar-refractivity contribution in [2.45, 2.75) is 19.4 Å². The lowest BCUT2D eigenvalue weighted by Gasteiger charge is -2.12. The molecule has 25 heavy (non-hydrogen) atoms. The summed E-state index contributed by atoms with van der Waals surface area (Å²) in [6.45, 7) is 1.98. The maximum atomic E-state index is 12.4. The van der Waals surface area contributed by atoms with Gasteiger partial charge < -0.3 is 14.3 Å². The molecule has 4 rings (SSSR count). The average molecular weight is 352 g/mol. The lowest BCUT2D eigenvalue weighted by molar-refractivity contribution is 0.0931. The largest absolute Gasteiger partial charge is 0.461 e. The highest BCUT2D eigenvalue weighted by molar-refractivity contribution is 7.17. The third-order valence-electron chi connectivity index (χ3n) is 3.97. The van der Waals surface area contributed by atoms with Crippen molar-refractivity contribution in [2.24, 2.45) is 0 Å². The number of carbonyl (C=O) groups is 1. The van der Waals surface area contributed by atoms with Crippen LogP contribution in [-0.2, 0) is 6.42 Å². The third kappa shape index (κ3) is 3.21. The van der Waals surface area contributed by atoms with Crippen LogP contribution in [0.1, 0.15) is 23.0 Å². The molecule has 1 amide bonds. The van der Waals surface area contributed by atoms with Gasteiger partial charge in [-0.1, -0.05) is 23.4 Å². The van der Waals surface area contributed by atoms with E-state index in [0.29, 0.717) is 11.5 Å². The van der Waals surface area contributed by atoms with Gasteiger partial charge in [0.05, 0.1) is 6.26 Å². The summed E-state index contributed by atoms with van der Waals surface area (Å²) >= 11 is 1.72. The molecule has 0 aliphatic rings. The van der Waals surface area contributed by atoms with Crippen LogP contribution in [0, 0.1) is 0 Å². The second-order valence-electron chi connectivity index (χ2n) is 5.89. The summed E-state index contributed by atoms with van der Waals surface area (Å²) in [5.41, 5.74) is 1.48. The number of nitrogens with zero attached hydrogens (tertiary/aromatic N) is 1. The predicted molar refractivity (Wildman–Crippen MR) is 96.7 cm³/mol. The molecule has 0 spiro atoms. The SMILES string of the molecule is C[C@@H](Cc1csc2ccccc12)NC(=O)c1cc(-c2ccco2)on1. The van der Waals surface area contributed by atoms with E-state index in [-0.39, 0.29) is 17.6 Å². The Hall–Kier alpha value is -2.86. The first-order chi connectivity index (χ1) is 12.2. The molecule has 5 nitrogen and oxygen atoms in total. The number of benzene rings is 1. The molecule has 0 saturated carbocycles. The van der Waals surface area contributed by atoms with Crippen LogP contribution in [0.2, 0.25) is 0 Å². The van der Waals surface area contributed by atoms with Crippen LogP contribution in [0.4, 0.5) is 0 Å². The summed E-state index contributed by atoms with van der Waals surface area (Å²) in [6, 6.07) is 13.4. The van der Waals surface area contributed by atoms with Gasteiger partial charge in [0.1, 0.15) is 0 Å². The Bertz CT molecular complexity index is 1000. The number of carbonyl (C=O) groups excluding carboxylic acids is 1. The quantitative estimate of drug-likeness (QED) is 0.574. The van der Waals surface area contributed by atoms with Crippen LogP contribution in [0.25, 0.3) is 21.6 Å². The Balaban J connectivity index is 1.44. The van der Waals surface area contributed by atoms with Gasteiger partial charge in [-0.2, -0.15) is 0 Å². The molecule has 6 heteroatoms. The minimum Gasteiger partial charge on any atom is -0.461 e. The summed E-state index contributed by atoms with van der Waals surface area (Å²) in [5, 5.41) is 10.2. The fourth-order valence-corrected chi connectivity index (χ4v) is 3.76. The molecule has 0 aliphatic carbocycles. The van der Waals surface area contributed by atoms with Crippen LogP contribution >= 0.6 is 11.3 Å². The maximum Gasteiger partial charge on any atom is 0.273 e. The number of amides is 1. The lowest BCUT2D eigenvalue weighted by Crippen LogP contribution is -2.34. The molecule has 3 heterocycles. The normalized spacial score (nSPS) is 12.4. The van der Waals surface area contributed by atoms with Crippen molar-refractivity contribution in [3.63, 3.8) is 0 Å². The summed E-state index contributed by atoms with van der Waals surface area (Å²) < 4.78 is 11.7. The van der Waals surface area contributed by atoms with Gasteiger partial charge in [-0.15, -0.1) is 11.3 Å². The lowest BCUT2D eigenvalue weighted by atomic mass is 10.1. The van der Waals surface area contributed by atoms with Gasteiger partial charge in [0.2, 0.25) is 5.76 Å². The van der Waals surface area contributed by atoms with Crippen molar-refractivity contribution in [2.75, 3.05) is 0 Å². The van der Waals surface area contributed by atoms with E-state index in [1.807, 2.05) is 19.1 Å². The zero-order valence-corrected chi connectivity index (χ0v) is 14.4. The van der Waals surface area contributed by atoms with Gasteiger partial charge in [0.15, 0.2) is 11.5 Å². The molecule has 3 aromatic heterocycles. The van der Waals surface area contributed by atoms with E-state index in [1.54, 1.807) is 35.8 Å². The highest BCUT2D eigenvalue weighted by Crippen LogP contribution is 2.26. The molecule has 1 atom stereocenters. The standard InChI is InChI=1S/C19H16N2O3S/c1-12(9-13-11-25-18-7-3-2-5-14(13)18)20-19(22)15-10-17(24-21-15)16-6-4-8-23-16/h2-8,10-12H,9H2,1H3,(H,20,22)/t12-/m0/s1. The Labute approximate surface area is 148 Å². The number of hydrogen-bond acceptors (Lipinski definition) is 5. The van der Waals surface area contributed by atoms with Crippen molar-refractivity contribution in [1.29, 1.82) is 0 Å². The van der Waals surface area contributed by atoms with Gasteiger partial charge in [0.25, 0.3) is 5.91 Å². The van der Waals surface area contributed by atoms with Gasteiger partial charge in [-0.25, -0.2) is 0 Å². The summed E-state index contributed by atoms with van der Waals surface area (Å²) in [4.78, 5) is 12.4. The van der Waals surface area contributed by atoms with Crippen LogP contribution in [0.15, 0.2) is 63.0 Å². The first-order valence-electron chi connectivity index (χ1n) is 7.97. The number of thiophene rings is 1. The highest BCUT2D eigenvalue weighted by atomic mass is 32.1. The topological polar surface area (TPSA) is 68.3 Å². The van der Waals surface area contributed by atoms with E-state index in [0.717, 1.165) is 6.42 Å². The molecule has 4 aromatic rings. The van der Waals surface area contributed by atoms with Gasteiger partial charge >= 0.3 is 0 Å². The van der Waals surface area contributed by atoms with Gasteiger partial charge in [-0.3, -0.25) is 4.79 Å². The maximum absolute atomic E-state index is 12.4. The second kappa shape index (κ2) is 6.57. The van der Waals surface area contributed by atoms with E-state index in [4.69, 9.17) is 8.94 Å². The number of rotatable bonds is 5. The molecule has 0 saturated heterocycles. The van der Waals surface area contributed by atoms with Gasteiger partial charge in [0, 0.05) is 16.8 Å². The molecule has 0 bridgehead atoms.